The number of hydrogen-bond donors (Lipinski definition) is 1. The zero-order valence-corrected chi connectivity index (χ0v) is 11.5. The van der Waals surface area contributed by atoms with Gasteiger partial charge in [-0.15, -0.1) is 12.4 Å². The van der Waals surface area contributed by atoms with Gasteiger partial charge < -0.3 is 10.1 Å². The van der Waals surface area contributed by atoms with Crippen LogP contribution >= 0.6 is 12.4 Å². The molecular weight excluding hydrogens is 250 g/mol. The monoisotopic (exact) mass is 269 g/mol. The molecule has 0 amide bonds. The Morgan fingerprint density at radius 1 is 1.39 bits per heavy atom. The predicted molar refractivity (Wildman–Crippen MR) is 74.1 cm³/mol. The molecule has 100 valence electrons. The van der Waals surface area contributed by atoms with E-state index in [2.05, 4.69) is 23.5 Å². The van der Waals surface area contributed by atoms with Crippen LogP contribution in [0.1, 0.15) is 30.0 Å². The van der Waals surface area contributed by atoms with Crippen molar-refractivity contribution in [1.29, 1.82) is 0 Å². The third-order valence-electron chi connectivity index (χ3n) is 3.08. The van der Waals surface area contributed by atoms with Gasteiger partial charge in [0.25, 0.3) is 0 Å². The van der Waals surface area contributed by atoms with Crippen LogP contribution in [0, 0.1) is 0 Å². The Morgan fingerprint density at radius 3 is 3.00 bits per heavy atom. The van der Waals surface area contributed by atoms with Gasteiger partial charge in [-0.25, -0.2) is 0 Å². The minimum absolute atomic E-state index is 0. The number of carbonyl (C=O) groups is 1. The van der Waals surface area contributed by atoms with Crippen LogP contribution in [0.25, 0.3) is 0 Å². The fraction of sp³-hybridized carbons (Fsp3) is 0.500. The van der Waals surface area contributed by atoms with Gasteiger partial charge >= 0.3 is 5.97 Å². The molecule has 1 heterocycles. The minimum atomic E-state index is -0.105. The Hall–Kier alpha value is -1.06. The van der Waals surface area contributed by atoms with Crippen LogP contribution in [0.4, 0.5) is 0 Å². The number of nitrogens with one attached hydrogen (secondary N) is 1. The lowest BCUT2D eigenvalue weighted by Gasteiger charge is -2.17. The molecule has 0 bridgehead atoms. The molecule has 1 aliphatic heterocycles. The molecule has 1 aliphatic rings. The van der Waals surface area contributed by atoms with Crippen molar-refractivity contribution < 1.29 is 9.53 Å². The van der Waals surface area contributed by atoms with Gasteiger partial charge in [0.15, 0.2) is 0 Å². The standard InChI is InChI=1S/C14H19NO2.ClH/c1-2-17-14(16)6-4-11-3-5-13-10-15-8-7-12(13)9-11;/h3,5,9,15H,2,4,6-8,10H2,1H3;1H. The molecule has 3 nitrogen and oxygen atoms in total. The largest absolute Gasteiger partial charge is 0.466 e. The van der Waals surface area contributed by atoms with Crippen molar-refractivity contribution in [2.24, 2.45) is 0 Å². The molecule has 0 radical (unpaired) electrons. The van der Waals surface area contributed by atoms with E-state index in [9.17, 15) is 4.79 Å². The summed E-state index contributed by atoms with van der Waals surface area (Å²) in [5.74, 6) is -0.105. The normalized spacial score (nSPS) is 13.4. The average Bonchev–Trinajstić information content (AvgIpc) is 2.36. The van der Waals surface area contributed by atoms with E-state index in [-0.39, 0.29) is 18.4 Å². The highest BCUT2D eigenvalue weighted by molar-refractivity contribution is 5.85. The van der Waals surface area contributed by atoms with Crippen molar-refractivity contribution in [3.63, 3.8) is 0 Å². The zero-order valence-electron chi connectivity index (χ0n) is 10.7. The van der Waals surface area contributed by atoms with Gasteiger partial charge in [-0.05, 0) is 43.0 Å². The SMILES string of the molecule is CCOC(=O)CCc1ccc2c(c1)CCNC2.Cl. The van der Waals surface area contributed by atoms with Gasteiger partial charge in [-0.3, -0.25) is 4.79 Å². The molecule has 0 unspecified atom stereocenters. The molecule has 1 N–H and O–H groups in total. The Kier molecular flexibility index (Phi) is 6.16. The zero-order chi connectivity index (χ0) is 12.1. The molecule has 1 aromatic carbocycles. The van der Waals surface area contributed by atoms with E-state index >= 15 is 0 Å². The third-order valence-corrected chi connectivity index (χ3v) is 3.08. The number of ether oxygens (including phenoxy) is 1. The van der Waals surface area contributed by atoms with Gasteiger partial charge in [-0.2, -0.15) is 0 Å². The number of hydrogen-bond acceptors (Lipinski definition) is 3. The third kappa shape index (κ3) is 4.00. The second-order valence-electron chi connectivity index (χ2n) is 4.33. The Bertz CT molecular complexity index is 407. The lowest BCUT2D eigenvalue weighted by Crippen LogP contribution is -2.23. The molecule has 18 heavy (non-hydrogen) atoms. The van der Waals surface area contributed by atoms with E-state index in [4.69, 9.17) is 4.74 Å². The molecule has 0 fully saturated rings. The Balaban J connectivity index is 0.00000162. The molecule has 1 aromatic rings. The summed E-state index contributed by atoms with van der Waals surface area (Å²) >= 11 is 0. The number of rotatable bonds is 4. The van der Waals surface area contributed by atoms with E-state index in [0.29, 0.717) is 13.0 Å². The number of esters is 1. The summed E-state index contributed by atoms with van der Waals surface area (Å²) in [6.45, 7) is 4.32. The van der Waals surface area contributed by atoms with Crippen molar-refractivity contribution >= 4 is 18.4 Å². The van der Waals surface area contributed by atoms with Crippen molar-refractivity contribution in [1.82, 2.24) is 5.32 Å². The molecule has 0 spiro atoms. The Labute approximate surface area is 114 Å². The van der Waals surface area contributed by atoms with Crippen molar-refractivity contribution in [2.75, 3.05) is 13.2 Å². The van der Waals surface area contributed by atoms with E-state index in [1.807, 2.05) is 6.92 Å². The summed E-state index contributed by atoms with van der Waals surface area (Å²) < 4.78 is 4.93. The first-order valence-electron chi connectivity index (χ1n) is 6.26. The topological polar surface area (TPSA) is 38.3 Å². The number of aryl methyl sites for hydroxylation is 1. The van der Waals surface area contributed by atoms with Crippen molar-refractivity contribution in [3.05, 3.63) is 34.9 Å². The molecule has 0 saturated heterocycles. The minimum Gasteiger partial charge on any atom is -0.466 e. The van der Waals surface area contributed by atoms with Crippen LogP contribution < -0.4 is 5.32 Å². The number of carbonyl (C=O) groups excluding carboxylic acids is 1. The maximum absolute atomic E-state index is 11.3. The van der Waals surface area contributed by atoms with Gasteiger partial charge in [0, 0.05) is 13.0 Å². The smallest absolute Gasteiger partial charge is 0.306 e. The molecule has 0 saturated carbocycles. The average molecular weight is 270 g/mol. The summed E-state index contributed by atoms with van der Waals surface area (Å²) in [5, 5.41) is 3.35. The maximum Gasteiger partial charge on any atom is 0.306 e. The predicted octanol–water partition coefficient (Wildman–Crippen LogP) is 2.25. The summed E-state index contributed by atoms with van der Waals surface area (Å²) in [5.41, 5.74) is 4.04. The molecule has 0 atom stereocenters. The molecule has 4 heteroatoms. The van der Waals surface area contributed by atoms with Crippen LogP contribution in [-0.2, 0) is 28.9 Å². The maximum atomic E-state index is 11.3. The first kappa shape index (κ1) is 15.0. The van der Waals surface area contributed by atoms with E-state index in [1.165, 1.54) is 16.7 Å². The lowest BCUT2D eigenvalue weighted by molar-refractivity contribution is -0.143. The molecular formula is C14H20ClNO2. The number of benzene rings is 1. The highest BCUT2D eigenvalue weighted by atomic mass is 35.5. The van der Waals surface area contributed by atoms with E-state index < -0.39 is 0 Å². The van der Waals surface area contributed by atoms with E-state index in [0.717, 1.165) is 25.9 Å². The second-order valence-corrected chi connectivity index (χ2v) is 4.33. The fourth-order valence-electron chi connectivity index (χ4n) is 2.17. The summed E-state index contributed by atoms with van der Waals surface area (Å²) in [4.78, 5) is 11.3. The van der Waals surface area contributed by atoms with Gasteiger partial charge in [0.2, 0.25) is 0 Å². The summed E-state index contributed by atoms with van der Waals surface area (Å²) in [6, 6.07) is 6.52. The molecule has 2 rings (SSSR count). The first-order valence-corrected chi connectivity index (χ1v) is 6.26. The second kappa shape index (κ2) is 7.39. The van der Waals surface area contributed by atoms with Crippen LogP contribution in [0.5, 0.6) is 0 Å². The highest BCUT2D eigenvalue weighted by Gasteiger charge is 2.09. The van der Waals surface area contributed by atoms with Crippen LogP contribution in [0.2, 0.25) is 0 Å². The number of fused-ring (bicyclic) bond motifs is 1. The fourth-order valence-corrected chi connectivity index (χ4v) is 2.17. The quantitative estimate of drug-likeness (QED) is 0.852. The van der Waals surface area contributed by atoms with Crippen LogP contribution in [0.15, 0.2) is 18.2 Å². The van der Waals surface area contributed by atoms with Crippen LogP contribution in [0.3, 0.4) is 0 Å². The molecule has 0 aliphatic carbocycles. The lowest BCUT2D eigenvalue weighted by atomic mass is 9.97. The van der Waals surface area contributed by atoms with E-state index in [1.54, 1.807) is 0 Å². The van der Waals surface area contributed by atoms with Gasteiger partial charge in [0.05, 0.1) is 6.61 Å². The summed E-state index contributed by atoms with van der Waals surface area (Å²) in [7, 11) is 0. The Morgan fingerprint density at radius 2 is 2.22 bits per heavy atom. The first-order chi connectivity index (χ1) is 8.29. The van der Waals surface area contributed by atoms with Crippen LogP contribution in [-0.4, -0.2) is 19.1 Å². The molecule has 0 aromatic heterocycles. The van der Waals surface area contributed by atoms with Gasteiger partial charge in [-0.1, -0.05) is 18.2 Å². The highest BCUT2D eigenvalue weighted by Crippen LogP contribution is 2.16. The summed E-state index contributed by atoms with van der Waals surface area (Å²) in [6.07, 6.45) is 2.34. The number of halogens is 1. The van der Waals surface area contributed by atoms with Gasteiger partial charge in [0.1, 0.15) is 0 Å². The van der Waals surface area contributed by atoms with Crippen molar-refractivity contribution in [3.8, 4) is 0 Å². The van der Waals surface area contributed by atoms with Crippen molar-refractivity contribution in [2.45, 2.75) is 32.7 Å².